The van der Waals surface area contributed by atoms with Gasteiger partial charge in [0.1, 0.15) is 5.82 Å². The molecule has 0 aliphatic heterocycles. The molecule has 0 saturated heterocycles. The van der Waals surface area contributed by atoms with Crippen molar-refractivity contribution in [3.63, 3.8) is 0 Å². The zero-order valence-electron chi connectivity index (χ0n) is 15.2. The van der Waals surface area contributed by atoms with E-state index in [2.05, 4.69) is 15.6 Å². The maximum Gasteiger partial charge on any atom is 0.273 e. The second kappa shape index (κ2) is 7.15. The predicted octanol–water partition coefficient (Wildman–Crippen LogP) is 4.06. The number of benzene rings is 1. The van der Waals surface area contributed by atoms with Crippen molar-refractivity contribution in [3.05, 3.63) is 77.7 Å². The number of hydrogen-bond donors (Lipinski definition) is 1. The maximum absolute atomic E-state index is 13.1. The molecule has 0 aliphatic rings. The molecule has 3 aromatic heterocycles. The number of hydrogen-bond acceptors (Lipinski definition) is 5. The van der Waals surface area contributed by atoms with Crippen LogP contribution in [0.1, 0.15) is 34.7 Å². The Bertz CT molecular complexity index is 1100. The molecule has 4 rings (SSSR count). The molecule has 8 heteroatoms. The monoisotopic (exact) mass is 380 g/mol. The molecule has 1 atom stereocenters. The highest BCUT2D eigenvalue weighted by Gasteiger charge is 2.20. The van der Waals surface area contributed by atoms with Crippen LogP contribution < -0.4 is 5.32 Å². The zero-order chi connectivity index (χ0) is 19.7. The maximum atomic E-state index is 13.1. The highest BCUT2D eigenvalue weighted by atomic mass is 19.1. The number of halogens is 1. The average Bonchev–Trinajstić information content (AvgIpc) is 3.43. The van der Waals surface area contributed by atoms with Crippen LogP contribution in [0.3, 0.4) is 0 Å². The van der Waals surface area contributed by atoms with Gasteiger partial charge in [-0.05, 0) is 50.2 Å². The Labute approximate surface area is 159 Å². The number of carbonyl (C=O) groups excluding carboxylic acids is 1. The highest BCUT2D eigenvalue weighted by Crippen LogP contribution is 2.23. The Kier molecular flexibility index (Phi) is 4.52. The molecule has 0 fully saturated rings. The van der Waals surface area contributed by atoms with Crippen LogP contribution in [0.2, 0.25) is 0 Å². The van der Waals surface area contributed by atoms with E-state index in [4.69, 9.17) is 8.94 Å². The molecule has 0 radical (unpaired) electrons. The lowest BCUT2D eigenvalue weighted by Gasteiger charge is -2.13. The number of amides is 1. The number of furan rings is 1. The summed E-state index contributed by atoms with van der Waals surface area (Å²) >= 11 is 0. The van der Waals surface area contributed by atoms with E-state index >= 15 is 0 Å². The van der Waals surface area contributed by atoms with E-state index in [1.165, 1.54) is 24.5 Å². The number of nitrogens with zero attached hydrogens (tertiary/aromatic N) is 3. The van der Waals surface area contributed by atoms with Crippen molar-refractivity contribution in [2.45, 2.75) is 19.9 Å². The lowest BCUT2D eigenvalue weighted by atomic mass is 10.1. The van der Waals surface area contributed by atoms with Crippen molar-refractivity contribution in [1.82, 2.24) is 20.3 Å². The van der Waals surface area contributed by atoms with Crippen LogP contribution in [0.5, 0.6) is 0 Å². The first-order valence-corrected chi connectivity index (χ1v) is 8.65. The molecule has 28 heavy (non-hydrogen) atoms. The zero-order valence-corrected chi connectivity index (χ0v) is 15.2. The summed E-state index contributed by atoms with van der Waals surface area (Å²) in [6, 6.07) is 10.7. The molecular weight excluding hydrogens is 363 g/mol. The van der Waals surface area contributed by atoms with E-state index in [0.717, 1.165) is 16.9 Å². The van der Waals surface area contributed by atoms with E-state index in [1.54, 1.807) is 35.1 Å². The van der Waals surface area contributed by atoms with Crippen LogP contribution in [0.25, 0.3) is 17.2 Å². The van der Waals surface area contributed by atoms with Gasteiger partial charge < -0.3 is 14.3 Å². The van der Waals surface area contributed by atoms with Crippen LogP contribution in [0, 0.1) is 12.7 Å². The Balaban J connectivity index is 1.50. The third-order valence-electron chi connectivity index (χ3n) is 4.44. The average molecular weight is 380 g/mol. The van der Waals surface area contributed by atoms with Crippen molar-refractivity contribution in [2.75, 3.05) is 0 Å². The third kappa shape index (κ3) is 3.32. The molecule has 1 aromatic carbocycles. The van der Waals surface area contributed by atoms with Gasteiger partial charge in [0.05, 0.1) is 24.2 Å². The fourth-order valence-electron chi connectivity index (χ4n) is 2.96. The fraction of sp³-hybridized carbons (Fsp3) is 0.150. The van der Waals surface area contributed by atoms with Gasteiger partial charge in [0.25, 0.3) is 5.91 Å². The Hall–Kier alpha value is -3.68. The largest absolute Gasteiger partial charge is 0.461 e. The minimum Gasteiger partial charge on any atom is -0.461 e. The van der Waals surface area contributed by atoms with E-state index in [1.807, 2.05) is 13.8 Å². The molecule has 0 unspecified atom stereocenters. The van der Waals surface area contributed by atoms with Crippen molar-refractivity contribution < 1.29 is 18.1 Å². The molecule has 1 amide bonds. The molecule has 0 aliphatic carbocycles. The molecule has 142 valence electrons. The second-order valence-corrected chi connectivity index (χ2v) is 6.32. The molecule has 0 bridgehead atoms. The summed E-state index contributed by atoms with van der Waals surface area (Å²) in [6.07, 6.45) is 3.20. The molecule has 7 nitrogen and oxygen atoms in total. The summed E-state index contributed by atoms with van der Waals surface area (Å²) in [5, 5.41) is 11.0. The number of rotatable bonds is 5. The lowest BCUT2D eigenvalue weighted by Crippen LogP contribution is -2.27. The molecule has 0 saturated carbocycles. The summed E-state index contributed by atoms with van der Waals surface area (Å²) in [5.74, 6) is 0.193. The van der Waals surface area contributed by atoms with Crippen LogP contribution in [0.15, 0.2) is 63.9 Å². The summed E-state index contributed by atoms with van der Waals surface area (Å²) in [7, 11) is 0. The smallest absolute Gasteiger partial charge is 0.273 e. The van der Waals surface area contributed by atoms with Crippen LogP contribution >= 0.6 is 0 Å². The van der Waals surface area contributed by atoms with Gasteiger partial charge in [0.15, 0.2) is 11.5 Å². The quantitative estimate of drug-likeness (QED) is 0.564. The number of carbonyl (C=O) groups is 1. The van der Waals surface area contributed by atoms with Crippen molar-refractivity contribution >= 4 is 5.91 Å². The first-order chi connectivity index (χ1) is 13.5. The van der Waals surface area contributed by atoms with Crippen LogP contribution in [-0.4, -0.2) is 20.8 Å². The van der Waals surface area contributed by atoms with Crippen molar-refractivity contribution in [3.8, 4) is 17.2 Å². The van der Waals surface area contributed by atoms with E-state index in [0.29, 0.717) is 11.5 Å². The Morgan fingerprint density at radius 3 is 2.71 bits per heavy atom. The normalized spacial score (nSPS) is 12.1. The van der Waals surface area contributed by atoms with E-state index in [9.17, 15) is 9.18 Å². The molecule has 3 heterocycles. The van der Waals surface area contributed by atoms with Crippen LogP contribution in [-0.2, 0) is 0 Å². The summed E-state index contributed by atoms with van der Waals surface area (Å²) < 4.78 is 25.2. The van der Waals surface area contributed by atoms with E-state index in [-0.39, 0.29) is 23.5 Å². The van der Waals surface area contributed by atoms with Gasteiger partial charge in [-0.25, -0.2) is 9.07 Å². The third-order valence-corrected chi connectivity index (χ3v) is 4.44. The van der Waals surface area contributed by atoms with Crippen molar-refractivity contribution in [2.24, 2.45) is 0 Å². The van der Waals surface area contributed by atoms with Gasteiger partial charge in [-0.3, -0.25) is 4.79 Å². The van der Waals surface area contributed by atoms with Gasteiger partial charge >= 0.3 is 0 Å². The standard InChI is InChI=1S/C20H17FN4O3/c1-12(16-11-22-25(13(16)2)15-7-5-14(21)6-8-15)23-20(26)17-10-19(28-24-17)18-4-3-9-27-18/h3-12H,1-2H3,(H,23,26)/t12-/m1/s1. The minimum absolute atomic E-state index is 0.154. The highest BCUT2D eigenvalue weighted by molar-refractivity contribution is 5.93. The Morgan fingerprint density at radius 1 is 1.21 bits per heavy atom. The molecule has 1 N–H and O–H groups in total. The topological polar surface area (TPSA) is 86.1 Å². The van der Waals surface area contributed by atoms with Crippen LogP contribution in [0.4, 0.5) is 4.39 Å². The van der Waals surface area contributed by atoms with Gasteiger partial charge in [-0.15, -0.1) is 0 Å². The van der Waals surface area contributed by atoms with Crippen molar-refractivity contribution in [1.29, 1.82) is 0 Å². The fourth-order valence-corrected chi connectivity index (χ4v) is 2.96. The van der Waals surface area contributed by atoms with E-state index < -0.39 is 0 Å². The van der Waals surface area contributed by atoms with Gasteiger partial charge in [0.2, 0.25) is 5.76 Å². The SMILES string of the molecule is Cc1c([C@@H](C)NC(=O)c2cc(-c3ccco3)on2)cnn1-c1ccc(F)cc1. The molecule has 0 spiro atoms. The Morgan fingerprint density at radius 2 is 2.00 bits per heavy atom. The lowest BCUT2D eigenvalue weighted by molar-refractivity contribution is 0.0930. The first-order valence-electron chi connectivity index (χ1n) is 8.65. The second-order valence-electron chi connectivity index (χ2n) is 6.32. The van der Waals surface area contributed by atoms with Gasteiger partial charge in [-0.2, -0.15) is 5.10 Å². The summed E-state index contributed by atoms with van der Waals surface area (Å²) in [5.41, 5.74) is 2.58. The minimum atomic E-state index is -0.372. The van der Waals surface area contributed by atoms with Gasteiger partial charge in [0, 0.05) is 17.3 Å². The number of aromatic nitrogens is 3. The molecular formula is C20H17FN4O3. The summed E-state index contributed by atoms with van der Waals surface area (Å²) in [6.45, 7) is 3.74. The number of nitrogens with one attached hydrogen (secondary N) is 1. The summed E-state index contributed by atoms with van der Waals surface area (Å²) in [4.78, 5) is 12.5. The van der Waals surface area contributed by atoms with Gasteiger partial charge in [-0.1, -0.05) is 5.16 Å². The molecule has 4 aromatic rings. The predicted molar refractivity (Wildman–Crippen MR) is 98.3 cm³/mol. The first kappa shape index (κ1) is 17.7.